The molecule has 0 bridgehead atoms. The zero-order valence-corrected chi connectivity index (χ0v) is 15.8. The molecule has 0 radical (unpaired) electrons. The van der Waals surface area contributed by atoms with Gasteiger partial charge in [0.05, 0.1) is 0 Å². The average Bonchev–Trinajstić information content (AvgIpc) is 3.08. The number of carbonyl (C=O) groups is 3. The molecule has 0 aromatic heterocycles. The number of rotatable bonds is 6. The molecule has 2 atom stereocenters. The van der Waals surface area contributed by atoms with Gasteiger partial charge in [0.15, 0.2) is 0 Å². The number of benzene rings is 1. The van der Waals surface area contributed by atoms with Gasteiger partial charge in [-0.25, -0.2) is 9.59 Å². The third-order valence-electron chi connectivity index (χ3n) is 4.28. The predicted molar refractivity (Wildman–Crippen MR) is 97.0 cm³/mol. The monoisotopic (exact) mass is 378 g/mol. The van der Waals surface area contributed by atoms with E-state index < -0.39 is 35.1 Å². The SMILES string of the molecule is CC(C)(C)OC(=O)C(NC(=O)OCc1ccccc1)[C@]1(C(=O)O)CCNC1. The molecule has 8 heteroatoms. The molecule has 27 heavy (non-hydrogen) atoms. The summed E-state index contributed by atoms with van der Waals surface area (Å²) in [5.41, 5.74) is -1.54. The molecular formula is C19H26N2O6. The van der Waals surface area contributed by atoms with Crippen molar-refractivity contribution in [2.75, 3.05) is 13.1 Å². The highest BCUT2D eigenvalue weighted by Crippen LogP contribution is 2.32. The standard InChI is InChI=1S/C19H26N2O6/c1-18(2,3)27-15(22)14(19(16(23)24)9-10-20-12-19)21-17(25)26-11-13-7-5-4-6-8-13/h4-8,14,20H,9-12H2,1-3H3,(H,21,25)(H,23,24)/t14?,19-/m0/s1. The molecule has 1 aliphatic heterocycles. The second-order valence-electron chi connectivity index (χ2n) is 7.56. The van der Waals surface area contributed by atoms with Crippen molar-refractivity contribution in [3.63, 3.8) is 0 Å². The van der Waals surface area contributed by atoms with Gasteiger partial charge in [-0.05, 0) is 39.3 Å². The summed E-state index contributed by atoms with van der Waals surface area (Å²) >= 11 is 0. The highest BCUT2D eigenvalue weighted by molar-refractivity contribution is 5.90. The maximum absolute atomic E-state index is 12.7. The summed E-state index contributed by atoms with van der Waals surface area (Å²) in [7, 11) is 0. The van der Waals surface area contributed by atoms with Crippen LogP contribution in [0.25, 0.3) is 0 Å². The molecule has 1 fully saturated rings. The third kappa shape index (κ3) is 5.43. The van der Waals surface area contributed by atoms with E-state index in [1.165, 1.54) is 0 Å². The number of carbonyl (C=O) groups excluding carboxylic acids is 2. The largest absolute Gasteiger partial charge is 0.481 e. The van der Waals surface area contributed by atoms with Crippen LogP contribution >= 0.6 is 0 Å². The van der Waals surface area contributed by atoms with E-state index >= 15 is 0 Å². The number of alkyl carbamates (subject to hydrolysis) is 1. The second kappa shape index (κ2) is 8.39. The summed E-state index contributed by atoms with van der Waals surface area (Å²) in [6, 6.07) is 7.67. The Morgan fingerprint density at radius 1 is 1.26 bits per heavy atom. The molecule has 1 aliphatic rings. The summed E-state index contributed by atoms with van der Waals surface area (Å²) in [5, 5.41) is 15.1. The number of hydrogen-bond acceptors (Lipinski definition) is 6. The Bertz CT molecular complexity index is 677. The van der Waals surface area contributed by atoms with Gasteiger partial charge < -0.3 is 25.2 Å². The zero-order chi connectivity index (χ0) is 20.1. The van der Waals surface area contributed by atoms with E-state index in [1.54, 1.807) is 32.9 Å². The van der Waals surface area contributed by atoms with Crippen LogP contribution < -0.4 is 10.6 Å². The molecule has 0 aliphatic carbocycles. The van der Waals surface area contributed by atoms with Crippen LogP contribution in [0.4, 0.5) is 4.79 Å². The lowest BCUT2D eigenvalue weighted by atomic mass is 9.79. The van der Waals surface area contributed by atoms with Crippen LogP contribution in [0.15, 0.2) is 30.3 Å². The first kappa shape index (κ1) is 20.7. The van der Waals surface area contributed by atoms with Crippen LogP contribution in [-0.4, -0.2) is 47.9 Å². The molecule has 1 unspecified atom stereocenters. The molecule has 148 valence electrons. The molecule has 1 amide bonds. The molecule has 2 rings (SSSR count). The lowest BCUT2D eigenvalue weighted by Gasteiger charge is -2.33. The van der Waals surface area contributed by atoms with Gasteiger partial charge in [-0.1, -0.05) is 30.3 Å². The van der Waals surface area contributed by atoms with Gasteiger partial charge >= 0.3 is 18.0 Å². The number of ether oxygens (including phenoxy) is 2. The fourth-order valence-electron chi connectivity index (χ4n) is 2.93. The van der Waals surface area contributed by atoms with Gasteiger partial charge in [0.2, 0.25) is 0 Å². The fraction of sp³-hybridized carbons (Fsp3) is 0.526. The first-order chi connectivity index (χ1) is 12.6. The van der Waals surface area contributed by atoms with Crippen molar-refractivity contribution in [3.05, 3.63) is 35.9 Å². The van der Waals surface area contributed by atoms with E-state index in [2.05, 4.69) is 10.6 Å². The van der Waals surface area contributed by atoms with Crippen LogP contribution in [0.5, 0.6) is 0 Å². The van der Waals surface area contributed by atoms with Gasteiger partial charge in [0.25, 0.3) is 0 Å². The Balaban J connectivity index is 2.15. The minimum Gasteiger partial charge on any atom is -0.481 e. The Labute approximate surface area is 158 Å². The van der Waals surface area contributed by atoms with Crippen molar-refractivity contribution in [3.8, 4) is 0 Å². The van der Waals surface area contributed by atoms with Crippen LogP contribution in [0.3, 0.4) is 0 Å². The second-order valence-corrected chi connectivity index (χ2v) is 7.56. The lowest BCUT2D eigenvalue weighted by molar-refractivity contribution is -0.168. The molecule has 0 spiro atoms. The molecule has 1 saturated heterocycles. The fourth-order valence-corrected chi connectivity index (χ4v) is 2.93. The third-order valence-corrected chi connectivity index (χ3v) is 4.28. The number of carboxylic acid groups (broad SMARTS) is 1. The summed E-state index contributed by atoms with van der Waals surface area (Å²) < 4.78 is 10.5. The van der Waals surface area contributed by atoms with E-state index in [-0.39, 0.29) is 19.6 Å². The maximum atomic E-state index is 12.7. The van der Waals surface area contributed by atoms with Crippen LogP contribution in [0, 0.1) is 5.41 Å². The number of hydrogen-bond donors (Lipinski definition) is 3. The van der Waals surface area contributed by atoms with Crippen LogP contribution in [0.2, 0.25) is 0 Å². The van der Waals surface area contributed by atoms with Gasteiger partial charge in [0.1, 0.15) is 23.7 Å². The lowest BCUT2D eigenvalue weighted by Crippen LogP contribution is -2.58. The van der Waals surface area contributed by atoms with E-state index in [0.717, 1.165) is 5.56 Å². The highest BCUT2D eigenvalue weighted by Gasteiger charge is 2.53. The van der Waals surface area contributed by atoms with Gasteiger partial charge in [-0.2, -0.15) is 0 Å². The van der Waals surface area contributed by atoms with E-state index in [0.29, 0.717) is 6.54 Å². The Hall–Kier alpha value is -2.61. The van der Waals surface area contributed by atoms with E-state index in [4.69, 9.17) is 9.47 Å². The number of carboxylic acids is 1. The van der Waals surface area contributed by atoms with Crippen molar-refractivity contribution in [2.45, 2.75) is 45.4 Å². The molecular weight excluding hydrogens is 352 g/mol. The van der Waals surface area contributed by atoms with Crippen molar-refractivity contribution in [1.82, 2.24) is 10.6 Å². The summed E-state index contributed by atoms with van der Waals surface area (Å²) in [6.45, 7) is 5.51. The number of aliphatic carboxylic acids is 1. The topological polar surface area (TPSA) is 114 Å². The summed E-state index contributed by atoms with van der Waals surface area (Å²) in [6.07, 6.45) is -0.687. The minimum absolute atomic E-state index is 0.00599. The predicted octanol–water partition coefficient (Wildman–Crippen LogP) is 1.69. The van der Waals surface area contributed by atoms with Gasteiger partial charge in [-0.3, -0.25) is 4.79 Å². The van der Waals surface area contributed by atoms with Crippen LogP contribution in [-0.2, 0) is 25.7 Å². The Kier molecular flexibility index (Phi) is 6.43. The smallest absolute Gasteiger partial charge is 0.408 e. The Morgan fingerprint density at radius 3 is 2.44 bits per heavy atom. The average molecular weight is 378 g/mol. The number of amides is 1. The molecule has 1 aromatic rings. The van der Waals surface area contributed by atoms with Crippen molar-refractivity contribution in [2.24, 2.45) is 5.41 Å². The minimum atomic E-state index is -1.49. The first-order valence-electron chi connectivity index (χ1n) is 8.78. The van der Waals surface area contributed by atoms with Crippen molar-refractivity contribution in [1.29, 1.82) is 0 Å². The number of nitrogens with one attached hydrogen (secondary N) is 2. The normalized spacial score (nSPS) is 20.6. The Morgan fingerprint density at radius 2 is 1.93 bits per heavy atom. The quantitative estimate of drug-likeness (QED) is 0.645. The summed E-state index contributed by atoms with van der Waals surface area (Å²) in [5.74, 6) is -1.98. The molecule has 1 aromatic carbocycles. The van der Waals surface area contributed by atoms with Gasteiger partial charge in [0, 0.05) is 6.54 Å². The summed E-state index contributed by atoms with van der Waals surface area (Å²) in [4.78, 5) is 36.9. The number of esters is 1. The molecule has 3 N–H and O–H groups in total. The maximum Gasteiger partial charge on any atom is 0.408 e. The molecule has 8 nitrogen and oxygen atoms in total. The first-order valence-corrected chi connectivity index (χ1v) is 8.78. The highest BCUT2D eigenvalue weighted by atomic mass is 16.6. The van der Waals surface area contributed by atoms with Crippen molar-refractivity contribution >= 4 is 18.0 Å². The molecule has 0 saturated carbocycles. The zero-order valence-electron chi connectivity index (χ0n) is 15.8. The molecule has 1 heterocycles. The van der Waals surface area contributed by atoms with Crippen LogP contribution in [0.1, 0.15) is 32.8 Å². The van der Waals surface area contributed by atoms with E-state index in [1.807, 2.05) is 18.2 Å². The van der Waals surface area contributed by atoms with E-state index in [9.17, 15) is 19.5 Å². The van der Waals surface area contributed by atoms with Gasteiger partial charge in [-0.15, -0.1) is 0 Å². The van der Waals surface area contributed by atoms with Crippen molar-refractivity contribution < 1.29 is 29.0 Å².